The monoisotopic (exact) mass is 263 g/mol. The molecular weight excluding hydrogens is 238 g/mol. The van der Waals surface area contributed by atoms with Crippen molar-refractivity contribution < 1.29 is 9.90 Å². The SMILES string of the molecule is CCCCCN(c1ccc(C(C)=O)c(O)c1)C(C)C. The first-order valence-corrected chi connectivity index (χ1v) is 7.08. The van der Waals surface area contributed by atoms with Crippen molar-refractivity contribution in [2.24, 2.45) is 0 Å². The molecule has 0 amide bonds. The summed E-state index contributed by atoms with van der Waals surface area (Å²) in [6.07, 6.45) is 3.55. The number of unbranched alkanes of at least 4 members (excludes halogenated alkanes) is 2. The highest BCUT2D eigenvalue weighted by atomic mass is 16.3. The first-order valence-electron chi connectivity index (χ1n) is 7.08. The van der Waals surface area contributed by atoms with Crippen molar-refractivity contribution in [1.29, 1.82) is 0 Å². The highest BCUT2D eigenvalue weighted by molar-refractivity contribution is 5.97. The van der Waals surface area contributed by atoms with E-state index in [0.29, 0.717) is 11.6 Å². The van der Waals surface area contributed by atoms with Crippen LogP contribution in [0.3, 0.4) is 0 Å². The summed E-state index contributed by atoms with van der Waals surface area (Å²) in [4.78, 5) is 13.6. The zero-order chi connectivity index (χ0) is 14.4. The number of hydrogen-bond acceptors (Lipinski definition) is 3. The van der Waals surface area contributed by atoms with E-state index in [0.717, 1.165) is 18.7 Å². The van der Waals surface area contributed by atoms with Gasteiger partial charge in [-0.2, -0.15) is 0 Å². The van der Waals surface area contributed by atoms with Crippen LogP contribution in [-0.4, -0.2) is 23.5 Å². The minimum atomic E-state index is -0.105. The summed E-state index contributed by atoms with van der Waals surface area (Å²) in [5, 5.41) is 9.92. The molecule has 0 saturated heterocycles. The second-order valence-electron chi connectivity index (χ2n) is 5.25. The van der Waals surface area contributed by atoms with Gasteiger partial charge in [0.1, 0.15) is 5.75 Å². The molecule has 1 rings (SSSR count). The highest BCUT2D eigenvalue weighted by Gasteiger charge is 2.13. The van der Waals surface area contributed by atoms with Crippen LogP contribution in [-0.2, 0) is 0 Å². The molecule has 0 saturated carbocycles. The average Bonchev–Trinajstić information content (AvgIpc) is 2.33. The van der Waals surface area contributed by atoms with Gasteiger partial charge in [0, 0.05) is 24.3 Å². The first kappa shape index (κ1) is 15.5. The molecule has 0 heterocycles. The Morgan fingerprint density at radius 2 is 2.00 bits per heavy atom. The largest absolute Gasteiger partial charge is 0.507 e. The van der Waals surface area contributed by atoms with Crippen LogP contribution in [0.5, 0.6) is 5.75 Å². The third-order valence-electron chi connectivity index (χ3n) is 3.32. The molecule has 0 atom stereocenters. The van der Waals surface area contributed by atoms with E-state index >= 15 is 0 Å². The number of Topliss-reactive ketones (excluding diaryl/α,β-unsaturated/α-hetero) is 1. The van der Waals surface area contributed by atoms with Gasteiger partial charge >= 0.3 is 0 Å². The van der Waals surface area contributed by atoms with Gasteiger partial charge in [-0.15, -0.1) is 0 Å². The number of aromatic hydroxyl groups is 1. The predicted octanol–water partition coefficient (Wildman–Crippen LogP) is 4.00. The Kier molecular flexibility index (Phi) is 5.87. The summed E-state index contributed by atoms with van der Waals surface area (Å²) in [6.45, 7) is 8.91. The van der Waals surface area contributed by atoms with E-state index < -0.39 is 0 Å². The van der Waals surface area contributed by atoms with Crippen LogP contribution in [0.2, 0.25) is 0 Å². The molecule has 0 aliphatic heterocycles. The van der Waals surface area contributed by atoms with Crippen molar-refractivity contribution >= 4 is 11.5 Å². The van der Waals surface area contributed by atoms with Crippen molar-refractivity contribution in [3.8, 4) is 5.75 Å². The summed E-state index contributed by atoms with van der Waals surface area (Å²) in [5.41, 5.74) is 1.37. The lowest BCUT2D eigenvalue weighted by atomic mass is 10.1. The Bertz CT molecular complexity index is 427. The lowest BCUT2D eigenvalue weighted by Crippen LogP contribution is -2.31. The maximum atomic E-state index is 11.3. The number of rotatable bonds is 7. The van der Waals surface area contributed by atoms with Gasteiger partial charge in [-0.1, -0.05) is 19.8 Å². The van der Waals surface area contributed by atoms with E-state index in [1.165, 1.54) is 19.8 Å². The Hall–Kier alpha value is -1.51. The molecule has 1 N–H and O–H groups in total. The number of carbonyl (C=O) groups excluding carboxylic acids is 1. The number of benzene rings is 1. The van der Waals surface area contributed by atoms with Gasteiger partial charge in [0.2, 0.25) is 0 Å². The predicted molar refractivity (Wildman–Crippen MR) is 80.1 cm³/mol. The molecular formula is C16H25NO2. The quantitative estimate of drug-likeness (QED) is 0.597. The molecule has 1 aromatic rings. The van der Waals surface area contributed by atoms with Crippen molar-refractivity contribution in [3.05, 3.63) is 23.8 Å². The van der Waals surface area contributed by atoms with Crippen LogP contribution in [0.15, 0.2) is 18.2 Å². The van der Waals surface area contributed by atoms with Crippen molar-refractivity contribution in [2.75, 3.05) is 11.4 Å². The molecule has 3 nitrogen and oxygen atoms in total. The van der Waals surface area contributed by atoms with Crippen LogP contribution in [0.4, 0.5) is 5.69 Å². The number of ketones is 1. The molecule has 0 aromatic heterocycles. The van der Waals surface area contributed by atoms with E-state index in [2.05, 4.69) is 25.7 Å². The molecule has 0 fully saturated rings. The summed E-state index contributed by atoms with van der Waals surface area (Å²) in [5.74, 6) is -0.0303. The third-order valence-corrected chi connectivity index (χ3v) is 3.32. The molecule has 0 bridgehead atoms. The Morgan fingerprint density at radius 3 is 2.47 bits per heavy atom. The minimum absolute atomic E-state index is 0.0751. The summed E-state index contributed by atoms with van der Waals surface area (Å²) in [7, 11) is 0. The molecule has 1 aromatic carbocycles. The van der Waals surface area contributed by atoms with Crippen LogP contribution < -0.4 is 4.90 Å². The maximum absolute atomic E-state index is 11.3. The van der Waals surface area contributed by atoms with Crippen molar-refractivity contribution in [3.63, 3.8) is 0 Å². The third kappa shape index (κ3) is 4.27. The molecule has 0 aliphatic carbocycles. The normalized spacial score (nSPS) is 10.8. The van der Waals surface area contributed by atoms with Crippen molar-refractivity contribution in [1.82, 2.24) is 0 Å². The lowest BCUT2D eigenvalue weighted by Gasteiger charge is -2.29. The Labute approximate surface area is 116 Å². The lowest BCUT2D eigenvalue weighted by molar-refractivity contribution is 0.101. The van der Waals surface area contributed by atoms with Crippen LogP contribution in [0, 0.1) is 0 Å². The smallest absolute Gasteiger partial charge is 0.163 e. The van der Waals surface area contributed by atoms with Gasteiger partial charge in [0.25, 0.3) is 0 Å². The van der Waals surface area contributed by atoms with Gasteiger partial charge < -0.3 is 10.0 Å². The van der Waals surface area contributed by atoms with E-state index in [-0.39, 0.29) is 11.5 Å². The summed E-state index contributed by atoms with van der Waals surface area (Å²) in [6, 6.07) is 5.70. The van der Waals surface area contributed by atoms with Crippen LogP contribution in [0.25, 0.3) is 0 Å². The van der Waals surface area contributed by atoms with Gasteiger partial charge in [0.05, 0.1) is 5.56 Å². The Morgan fingerprint density at radius 1 is 1.32 bits per heavy atom. The fourth-order valence-corrected chi connectivity index (χ4v) is 2.21. The molecule has 0 radical (unpaired) electrons. The fraction of sp³-hybridized carbons (Fsp3) is 0.562. The zero-order valence-electron chi connectivity index (χ0n) is 12.4. The van der Waals surface area contributed by atoms with E-state index in [1.807, 2.05) is 6.07 Å². The molecule has 0 spiro atoms. The number of phenolic OH excluding ortho intramolecular Hbond substituents is 1. The second kappa shape index (κ2) is 7.17. The number of anilines is 1. The number of phenols is 1. The van der Waals surface area contributed by atoms with Gasteiger partial charge in [-0.25, -0.2) is 0 Å². The Balaban J connectivity index is 2.90. The van der Waals surface area contributed by atoms with E-state index in [1.54, 1.807) is 12.1 Å². The standard InChI is InChI=1S/C16H25NO2/c1-5-6-7-10-17(12(2)3)14-8-9-15(13(4)18)16(19)11-14/h8-9,11-12,19H,5-7,10H2,1-4H3. The number of nitrogens with zero attached hydrogens (tertiary/aromatic N) is 1. The molecule has 0 aliphatic rings. The zero-order valence-corrected chi connectivity index (χ0v) is 12.4. The molecule has 19 heavy (non-hydrogen) atoms. The van der Waals surface area contributed by atoms with Crippen LogP contribution >= 0.6 is 0 Å². The summed E-state index contributed by atoms with van der Waals surface area (Å²) >= 11 is 0. The van der Waals surface area contributed by atoms with E-state index in [4.69, 9.17) is 0 Å². The summed E-state index contributed by atoms with van der Waals surface area (Å²) < 4.78 is 0. The number of hydrogen-bond donors (Lipinski definition) is 1. The first-order chi connectivity index (χ1) is 8.97. The van der Waals surface area contributed by atoms with Gasteiger partial charge in [0.15, 0.2) is 5.78 Å². The van der Waals surface area contributed by atoms with E-state index in [9.17, 15) is 9.90 Å². The topological polar surface area (TPSA) is 40.5 Å². The average molecular weight is 263 g/mol. The van der Waals surface area contributed by atoms with Crippen LogP contribution in [0.1, 0.15) is 57.3 Å². The van der Waals surface area contributed by atoms with Gasteiger partial charge in [-0.3, -0.25) is 4.79 Å². The molecule has 0 unspecified atom stereocenters. The number of carbonyl (C=O) groups is 1. The fourth-order valence-electron chi connectivity index (χ4n) is 2.21. The van der Waals surface area contributed by atoms with Gasteiger partial charge in [-0.05, 0) is 39.3 Å². The molecule has 3 heteroatoms. The minimum Gasteiger partial charge on any atom is -0.507 e. The molecule has 106 valence electrons. The maximum Gasteiger partial charge on any atom is 0.163 e. The van der Waals surface area contributed by atoms with Crippen molar-refractivity contribution in [2.45, 2.75) is 53.0 Å². The second-order valence-corrected chi connectivity index (χ2v) is 5.25. The highest BCUT2D eigenvalue weighted by Crippen LogP contribution is 2.26.